The monoisotopic (exact) mass is 262 g/mol. The molecule has 0 aliphatic rings. The number of aliphatic hydroxyl groups excluding tert-OH is 2. The molecule has 2 atom stereocenters. The average molecular weight is 262 g/mol. The van der Waals surface area contributed by atoms with Crippen LogP contribution in [0.3, 0.4) is 0 Å². The van der Waals surface area contributed by atoms with Crippen LogP contribution >= 0.6 is 0 Å². The lowest BCUT2D eigenvalue weighted by Crippen LogP contribution is -2.23. The summed E-state index contributed by atoms with van der Waals surface area (Å²) in [4.78, 5) is 5.57. The summed E-state index contributed by atoms with van der Waals surface area (Å²) in [6, 6.07) is 2.95. The molecule has 6 nitrogen and oxygen atoms in total. The van der Waals surface area contributed by atoms with Gasteiger partial charge in [0.25, 0.3) is 0 Å². The molecule has 1 aromatic rings. The number of azide groups is 1. The molecule has 0 fully saturated rings. The van der Waals surface area contributed by atoms with Crippen molar-refractivity contribution >= 4 is 0 Å². The molecule has 18 heavy (non-hydrogen) atoms. The molecule has 2 N–H and O–H groups in total. The van der Waals surface area contributed by atoms with Crippen LogP contribution in [0.15, 0.2) is 23.3 Å². The summed E-state index contributed by atoms with van der Waals surface area (Å²) in [6.45, 7) is -0.463. The highest BCUT2D eigenvalue weighted by molar-refractivity contribution is 5.16. The molecule has 0 bridgehead atoms. The number of halogens is 3. The van der Waals surface area contributed by atoms with Crippen molar-refractivity contribution < 1.29 is 23.4 Å². The molecule has 98 valence electrons. The summed E-state index contributed by atoms with van der Waals surface area (Å²) in [7, 11) is 0. The van der Waals surface area contributed by atoms with Crippen molar-refractivity contribution in [3.63, 3.8) is 0 Å². The molecule has 0 saturated heterocycles. The number of alkyl halides is 3. The Morgan fingerprint density at radius 3 is 2.61 bits per heavy atom. The topological polar surface area (TPSA) is 102 Å². The molecular weight excluding hydrogens is 253 g/mol. The van der Waals surface area contributed by atoms with Crippen molar-refractivity contribution in [1.82, 2.24) is 4.98 Å². The van der Waals surface area contributed by atoms with Gasteiger partial charge in [0.15, 0.2) is 0 Å². The maximum atomic E-state index is 12.4. The zero-order valence-electron chi connectivity index (χ0n) is 8.91. The second kappa shape index (κ2) is 5.67. The molecule has 0 radical (unpaired) electrons. The molecular formula is C9H9F3N4O2. The molecule has 0 spiro atoms. The Kier molecular flexibility index (Phi) is 4.49. The molecule has 0 aromatic carbocycles. The summed E-state index contributed by atoms with van der Waals surface area (Å²) in [5.74, 6) is 0. The lowest BCUT2D eigenvalue weighted by atomic mass is 10.1. The second-order valence-corrected chi connectivity index (χ2v) is 3.37. The fourth-order valence-electron chi connectivity index (χ4n) is 1.19. The van der Waals surface area contributed by atoms with Gasteiger partial charge in [-0.05, 0) is 17.7 Å². The Morgan fingerprint density at radius 2 is 2.06 bits per heavy atom. The van der Waals surface area contributed by atoms with Crippen molar-refractivity contribution in [3.05, 3.63) is 40.0 Å². The molecule has 1 rings (SSSR count). The average Bonchev–Trinajstić information content (AvgIpc) is 2.34. The van der Waals surface area contributed by atoms with Crippen LogP contribution in [0, 0.1) is 0 Å². The van der Waals surface area contributed by atoms with E-state index in [9.17, 15) is 23.4 Å². The first kappa shape index (κ1) is 14.2. The van der Waals surface area contributed by atoms with E-state index < -0.39 is 30.6 Å². The van der Waals surface area contributed by atoms with Gasteiger partial charge in [-0.1, -0.05) is 11.2 Å². The standard InChI is InChI=1S/C9H9F3N4O2/c10-9(11,12)7-3-1-2-5(15-7)8(18)6(17)4-14-16-13/h1-3,6,8,17-18H,4H2. The van der Waals surface area contributed by atoms with E-state index in [1.807, 2.05) is 0 Å². The van der Waals surface area contributed by atoms with E-state index in [1.54, 1.807) is 0 Å². The van der Waals surface area contributed by atoms with Crippen LogP contribution in [0.1, 0.15) is 17.5 Å². The van der Waals surface area contributed by atoms with Crippen LogP contribution in [0.25, 0.3) is 10.4 Å². The zero-order chi connectivity index (χ0) is 13.8. The highest BCUT2D eigenvalue weighted by atomic mass is 19.4. The Morgan fingerprint density at radius 1 is 1.39 bits per heavy atom. The number of hydrogen-bond donors (Lipinski definition) is 2. The molecule has 0 aliphatic heterocycles. The van der Waals surface area contributed by atoms with Crippen LogP contribution in [0.4, 0.5) is 13.2 Å². The minimum absolute atomic E-state index is 0.342. The van der Waals surface area contributed by atoms with Crippen LogP contribution in [0.2, 0.25) is 0 Å². The normalized spacial score (nSPS) is 14.7. The Balaban J connectivity index is 2.92. The smallest absolute Gasteiger partial charge is 0.390 e. The molecule has 9 heteroatoms. The van der Waals surface area contributed by atoms with Crippen LogP contribution in [-0.2, 0) is 6.18 Å². The van der Waals surface area contributed by atoms with Crippen LogP contribution in [0.5, 0.6) is 0 Å². The van der Waals surface area contributed by atoms with Gasteiger partial charge in [0, 0.05) is 4.91 Å². The Hall–Kier alpha value is -1.83. The SMILES string of the molecule is [N-]=[N+]=NCC(O)C(O)c1cccc(C(F)(F)F)n1. The fraction of sp³-hybridized carbons (Fsp3) is 0.444. The number of pyridine rings is 1. The summed E-state index contributed by atoms with van der Waals surface area (Å²) in [5, 5.41) is 21.9. The number of aromatic nitrogens is 1. The summed E-state index contributed by atoms with van der Waals surface area (Å²) >= 11 is 0. The first-order valence-corrected chi connectivity index (χ1v) is 4.77. The quantitative estimate of drug-likeness (QED) is 0.491. The lowest BCUT2D eigenvalue weighted by Gasteiger charge is -2.16. The van der Waals surface area contributed by atoms with Gasteiger partial charge in [-0.25, -0.2) is 4.98 Å². The first-order valence-electron chi connectivity index (χ1n) is 4.77. The summed E-state index contributed by atoms with van der Waals surface area (Å²) in [6.07, 6.45) is -7.81. The zero-order valence-corrected chi connectivity index (χ0v) is 8.91. The second-order valence-electron chi connectivity index (χ2n) is 3.37. The highest BCUT2D eigenvalue weighted by Gasteiger charge is 2.33. The molecule has 1 heterocycles. The number of aliphatic hydroxyl groups is 2. The van der Waals surface area contributed by atoms with Gasteiger partial charge < -0.3 is 10.2 Å². The van der Waals surface area contributed by atoms with E-state index in [4.69, 9.17) is 5.53 Å². The van der Waals surface area contributed by atoms with E-state index in [0.29, 0.717) is 0 Å². The summed E-state index contributed by atoms with van der Waals surface area (Å²) < 4.78 is 37.1. The molecule has 2 unspecified atom stereocenters. The number of rotatable bonds is 4. The van der Waals surface area contributed by atoms with Crippen molar-refractivity contribution in [3.8, 4) is 0 Å². The number of hydrogen-bond acceptors (Lipinski definition) is 4. The molecule has 0 saturated carbocycles. The van der Waals surface area contributed by atoms with Crippen molar-refractivity contribution in [1.29, 1.82) is 0 Å². The maximum Gasteiger partial charge on any atom is 0.433 e. The van der Waals surface area contributed by atoms with Gasteiger partial charge >= 0.3 is 6.18 Å². The molecule has 1 aromatic heterocycles. The Labute approximate surface area is 99.3 Å². The minimum atomic E-state index is -4.63. The van der Waals surface area contributed by atoms with Gasteiger partial charge in [0.05, 0.1) is 18.3 Å². The fourth-order valence-corrected chi connectivity index (χ4v) is 1.19. The van der Waals surface area contributed by atoms with Gasteiger partial charge in [-0.3, -0.25) is 0 Å². The molecule has 0 aliphatic carbocycles. The van der Waals surface area contributed by atoms with Crippen molar-refractivity contribution in [2.75, 3.05) is 6.54 Å². The van der Waals surface area contributed by atoms with Crippen LogP contribution in [-0.4, -0.2) is 27.8 Å². The van der Waals surface area contributed by atoms with Gasteiger partial charge in [0.1, 0.15) is 11.8 Å². The Bertz CT molecular complexity index is 459. The maximum absolute atomic E-state index is 12.4. The molecule has 0 amide bonds. The third-order valence-electron chi connectivity index (χ3n) is 2.06. The van der Waals surface area contributed by atoms with Gasteiger partial charge in [0.2, 0.25) is 0 Å². The van der Waals surface area contributed by atoms with Crippen LogP contribution < -0.4 is 0 Å². The largest absolute Gasteiger partial charge is 0.433 e. The van der Waals surface area contributed by atoms with E-state index >= 15 is 0 Å². The van der Waals surface area contributed by atoms with E-state index in [0.717, 1.165) is 18.2 Å². The predicted molar refractivity (Wildman–Crippen MR) is 54.2 cm³/mol. The third kappa shape index (κ3) is 3.59. The first-order chi connectivity index (χ1) is 8.36. The minimum Gasteiger partial charge on any atom is -0.390 e. The third-order valence-corrected chi connectivity index (χ3v) is 2.06. The highest BCUT2D eigenvalue weighted by Crippen LogP contribution is 2.28. The van der Waals surface area contributed by atoms with Crippen molar-refractivity contribution in [2.45, 2.75) is 18.4 Å². The lowest BCUT2D eigenvalue weighted by molar-refractivity contribution is -0.141. The van der Waals surface area contributed by atoms with Gasteiger partial charge in [-0.15, -0.1) is 0 Å². The predicted octanol–water partition coefficient (Wildman–Crippen LogP) is 1.80. The number of nitrogens with zero attached hydrogens (tertiary/aromatic N) is 4. The van der Waals surface area contributed by atoms with Gasteiger partial charge in [-0.2, -0.15) is 13.2 Å². The summed E-state index contributed by atoms with van der Waals surface area (Å²) in [5.41, 5.74) is 6.51. The van der Waals surface area contributed by atoms with Crippen molar-refractivity contribution in [2.24, 2.45) is 5.11 Å². The van der Waals surface area contributed by atoms with E-state index in [-0.39, 0.29) is 5.69 Å². The van der Waals surface area contributed by atoms with E-state index in [2.05, 4.69) is 15.0 Å². The van der Waals surface area contributed by atoms with E-state index in [1.165, 1.54) is 0 Å².